The van der Waals surface area contributed by atoms with Crippen LogP contribution in [0.2, 0.25) is 18.1 Å². The summed E-state index contributed by atoms with van der Waals surface area (Å²) in [7, 11) is 2.46. The van der Waals surface area contributed by atoms with E-state index >= 15 is 0 Å². The lowest BCUT2D eigenvalue weighted by atomic mass is 9.99. The van der Waals surface area contributed by atoms with Crippen LogP contribution in [0.3, 0.4) is 0 Å². The molecule has 1 aliphatic carbocycles. The molecule has 2 nitrogen and oxygen atoms in total. The maximum absolute atomic E-state index is 3.73. The van der Waals surface area contributed by atoms with Crippen LogP contribution in [-0.2, 0) is 0 Å². The van der Waals surface area contributed by atoms with Crippen molar-refractivity contribution >= 4 is 30.3 Å². The van der Waals surface area contributed by atoms with Gasteiger partial charge in [-0.05, 0) is 73.9 Å². The first kappa shape index (κ1) is 21.9. The fourth-order valence-corrected chi connectivity index (χ4v) is 7.09. The number of rotatable bonds is 4. The Morgan fingerprint density at radius 2 is 1.55 bits per heavy atom. The van der Waals surface area contributed by atoms with Gasteiger partial charge >= 0.3 is 0 Å². The van der Waals surface area contributed by atoms with Gasteiger partial charge in [-0.25, -0.2) is 0 Å². The summed E-state index contributed by atoms with van der Waals surface area (Å²) in [5, 5.41) is 6.38. The minimum absolute atomic E-state index is 0.282. The number of aryl methyl sites for hydroxylation is 1. The van der Waals surface area contributed by atoms with Crippen molar-refractivity contribution in [2.45, 2.75) is 45.8 Å². The SMILES string of the molecule is Cc1cscc1-c1cc([Si](C)(C)C(C)(C)C)c2[nH]cc(-c3ccc(N(C)C)cc3)cc1-2. The molecule has 0 spiro atoms. The molecule has 0 radical (unpaired) electrons. The molecule has 1 aliphatic heterocycles. The summed E-state index contributed by atoms with van der Waals surface area (Å²) in [6.07, 6.45) is 2.19. The molecule has 0 amide bonds. The van der Waals surface area contributed by atoms with Crippen molar-refractivity contribution in [3.8, 4) is 33.5 Å². The van der Waals surface area contributed by atoms with Crippen LogP contribution in [0, 0.1) is 6.92 Å². The second-order valence-corrected chi connectivity index (χ2v) is 16.5. The fraction of sp³-hybridized carbons (Fsp3) is 0.333. The Labute approximate surface area is 192 Å². The number of aromatic nitrogens is 1. The summed E-state index contributed by atoms with van der Waals surface area (Å²) >= 11 is 1.79. The summed E-state index contributed by atoms with van der Waals surface area (Å²) in [4.78, 5) is 5.87. The van der Waals surface area contributed by atoms with Crippen LogP contribution in [0.5, 0.6) is 0 Å². The highest BCUT2D eigenvalue weighted by atomic mass is 32.1. The normalized spacial score (nSPS) is 12.5. The van der Waals surface area contributed by atoms with Crippen LogP contribution < -0.4 is 10.1 Å². The second kappa shape index (κ2) is 7.68. The third-order valence-corrected chi connectivity index (χ3v) is 13.6. The zero-order chi connectivity index (χ0) is 22.6. The molecular weight excluding hydrogens is 412 g/mol. The van der Waals surface area contributed by atoms with E-state index in [1.54, 1.807) is 11.3 Å². The number of nitrogens with one attached hydrogen (secondary N) is 1. The van der Waals surface area contributed by atoms with Crippen LogP contribution in [-0.4, -0.2) is 27.2 Å². The number of H-pyrrole nitrogens is 1. The van der Waals surface area contributed by atoms with E-state index in [-0.39, 0.29) is 5.04 Å². The average molecular weight is 447 g/mol. The fourth-order valence-electron chi connectivity index (χ4n) is 4.10. The van der Waals surface area contributed by atoms with Crippen LogP contribution in [0.1, 0.15) is 26.3 Å². The van der Waals surface area contributed by atoms with Crippen LogP contribution >= 0.6 is 11.3 Å². The number of thiophene rings is 1. The van der Waals surface area contributed by atoms with Crippen molar-refractivity contribution < 1.29 is 0 Å². The summed E-state index contributed by atoms with van der Waals surface area (Å²) in [5.74, 6) is 0. The second-order valence-electron chi connectivity index (χ2n) is 10.4. The first-order valence-corrected chi connectivity index (χ1v) is 14.9. The standard InChI is InChI=1S/C27H34N2SSi/c1-18-16-30-17-24(18)22-14-25(31(7,8)27(2,3)4)26-23(22)13-20(15-28-26)19-9-11-21(12-10-19)29(5)6/h9-17,28H,1-8H3. The molecule has 1 aromatic carbocycles. The van der Waals surface area contributed by atoms with Gasteiger partial charge in [-0.2, -0.15) is 11.3 Å². The van der Waals surface area contributed by atoms with Gasteiger partial charge in [-0.15, -0.1) is 0 Å². The van der Waals surface area contributed by atoms with E-state index in [1.807, 2.05) is 0 Å². The zero-order valence-corrected chi connectivity index (χ0v) is 21.9. The van der Waals surface area contributed by atoms with E-state index in [0.29, 0.717) is 0 Å². The molecule has 1 N–H and O–H groups in total. The number of pyridine rings is 1. The molecule has 2 heterocycles. The topological polar surface area (TPSA) is 19.0 Å². The van der Waals surface area contributed by atoms with E-state index in [0.717, 1.165) is 0 Å². The molecule has 0 saturated heterocycles. The molecule has 4 heteroatoms. The molecule has 162 valence electrons. The van der Waals surface area contributed by atoms with Gasteiger partial charge in [-0.3, -0.25) is 0 Å². The van der Waals surface area contributed by atoms with E-state index in [1.165, 1.54) is 49.9 Å². The predicted octanol–water partition coefficient (Wildman–Crippen LogP) is 7.60. The van der Waals surface area contributed by atoms with Crippen molar-refractivity contribution in [3.63, 3.8) is 0 Å². The molecule has 31 heavy (non-hydrogen) atoms. The van der Waals surface area contributed by atoms with Crippen molar-refractivity contribution in [1.29, 1.82) is 0 Å². The molecule has 2 aliphatic rings. The Bertz CT molecular complexity index is 1170. The minimum atomic E-state index is -1.70. The maximum atomic E-state index is 3.73. The van der Waals surface area contributed by atoms with Gasteiger partial charge in [0, 0.05) is 37.2 Å². The van der Waals surface area contributed by atoms with Gasteiger partial charge in [-0.1, -0.05) is 52.1 Å². The molecule has 1 aromatic heterocycles. The number of fused-ring (bicyclic) bond motifs is 1. The Morgan fingerprint density at radius 1 is 0.871 bits per heavy atom. The molecule has 0 unspecified atom stereocenters. The summed E-state index contributed by atoms with van der Waals surface area (Å²) < 4.78 is 0. The molecule has 0 saturated carbocycles. The van der Waals surface area contributed by atoms with Gasteiger partial charge in [0.15, 0.2) is 0 Å². The molecule has 0 atom stereocenters. The number of hydrogen-bond donors (Lipinski definition) is 1. The van der Waals surface area contributed by atoms with E-state index in [4.69, 9.17) is 0 Å². The number of benzene rings is 1. The summed E-state index contributed by atoms with van der Waals surface area (Å²) in [6.45, 7) is 14.4. The van der Waals surface area contributed by atoms with Crippen LogP contribution in [0.15, 0.2) is 53.4 Å². The van der Waals surface area contributed by atoms with Crippen LogP contribution in [0.4, 0.5) is 5.69 Å². The van der Waals surface area contributed by atoms with Gasteiger partial charge in [0.25, 0.3) is 0 Å². The number of nitrogens with zero attached hydrogens (tertiary/aromatic N) is 1. The Morgan fingerprint density at radius 3 is 2.10 bits per heavy atom. The number of aromatic amines is 1. The first-order chi connectivity index (χ1) is 14.5. The van der Waals surface area contributed by atoms with Crippen molar-refractivity contribution in [1.82, 2.24) is 4.98 Å². The molecule has 0 bridgehead atoms. The summed E-state index contributed by atoms with van der Waals surface area (Å²) in [6, 6.07) is 13.7. The number of hydrogen-bond acceptors (Lipinski definition) is 2. The van der Waals surface area contributed by atoms with Gasteiger partial charge < -0.3 is 9.88 Å². The van der Waals surface area contributed by atoms with Gasteiger partial charge in [0.2, 0.25) is 0 Å². The highest BCUT2D eigenvalue weighted by Gasteiger charge is 2.40. The van der Waals surface area contributed by atoms with Crippen molar-refractivity contribution in [2.75, 3.05) is 19.0 Å². The lowest BCUT2D eigenvalue weighted by Gasteiger charge is -2.37. The summed E-state index contributed by atoms with van der Waals surface area (Å²) in [5.41, 5.74) is 10.5. The number of anilines is 1. The third-order valence-electron chi connectivity index (χ3n) is 7.20. The molecule has 2 aromatic rings. The quantitative estimate of drug-likeness (QED) is 0.320. The first-order valence-electron chi connectivity index (χ1n) is 11.0. The van der Waals surface area contributed by atoms with Crippen molar-refractivity contribution in [2.24, 2.45) is 0 Å². The third kappa shape index (κ3) is 3.77. The Hall–Kier alpha value is -2.30. The van der Waals surface area contributed by atoms with Crippen LogP contribution in [0.25, 0.3) is 33.5 Å². The van der Waals surface area contributed by atoms with E-state index in [9.17, 15) is 0 Å². The monoisotopic (exact) mass is 446 g/mol. The smallest absolute Gasteiger partial charge is 0.0887 e. The zero-order valence-electron chi connectivity index (χ0n) is 20.1. The molecular formula is C27H34N2SSi. The van der Waals surface area contributed by atoms with E-state index < -0.39 is 8.07 Å². The molecule has 0 fully saturated rings. The maximum Gasteiger partial charge on any atom is 0.0887 e. The minimum Gasteiger partial charge on any atom is -0.378 e. The lowest BCUT2D eigenvalue weighted by Crippen LogP contribution is -2.49. The highest BCUT2D eigenvalue weighted by molar-refractivity contribution is 7.08. The lowest BCUT2D eigenvalue weighted by molar-refractivity contribution is 0.729. The Balaban J connectivity index is 1.93. The molecule has 4 rings (SSSR count). The highest BCUT2D eigenvalue weighted by Crippen LogP contribution is 2.43. The Kier molecular flexibility index (Phi) is 5.43. The average Bonchev–Trinajstić information content (AvgIpc) is 3.30. The van der Waals surface area contributed by atoms with E-state index in [2.05, 4.69) is 118 Å². The largest absolute Gasteiger partial charge is 0.378 e. The van der Waals surface area contributed by atoms with Gasteiger partial charge in [0.1, 0.15) is 0 Å². The van der Waals surface area contributed by atoms with Gasteiger partial charge in [0.05, 0.1) is 8.07 Å². The van der Waals surface area contributed by atoms with Crippen molar-refractivity contribution in [3.05, 3.63) is 58.9 Å². The predicted molar refractivity (Wildman–Crippen MR) is 142 cm³/mol.